The molecular formula is C18H16ClFN4OS. The van der Waals surface area contributed by atoms with Crippen molar-refractivity contribution < 1.29 is 9.18 Å². The highest BCUT2D eigenvalue weighted by Crippen LogP contribution is 2.25. The van der Waals surface area contributed by atoms with Gasteiger partial charge in [0.05, 0.1) is 16.5 Å². The Hall–Kier alpha value is -2.38. The largest absolute Gasteiger partial charge is 0.324 e. The third-order valence-electron chi connectivity index (χ3n) is 3.62. The van der Waals surface area contributed by atoms with E-state index in [9.17, 15) is 9.18 Å². The van der Waals surface area contributed by atoms with E-state index in [0.29, 0.717) is 28.2 Å². The second kappa shape index (κ2) is 8.33. The number of nitrogens with one attached hydrogen (secondary N) is 1. The van der Waals surface area contributed by atoms with Crippen LogP contribution >= 0.6 is 23.4 Å². The molecule has 1 aromatic heterocycles. The van der Waals surface area contributed by atoms with Crippen LogP contribution in [-0.4, -0.2) is 26.4 Å². The second-order valence-corrected chi connectivity index (χ2v) is 6.72. The SMILES string of the molecule is CCn1c(SCC(=O)Nc2ccccc2Cl)nnc1-c1ccc(F)cc1. The zero-order valence-electron chi connectivity index (χ0n) is 13.9. The third kappa shape index (κ3) is 4.23. The van der Waals surface area contributed by atoms with E-state index in [1.807, 2.05) is 11.5 Å². The Kier molecular flexibility index (Phi) is 5.90. The molecule has 2 aromatic carbocycles. The van der Waals surface area contributed by atoms with Gasteiger partial charge in [-0.25, -0.2) is 4.39 Å². The van der Waals surface area contributed by atoms with E-state index >= 15 is 0 Å². The van der Waals surface area contributed by atoms with Gasteiger partial charge >= 0.3 is 0 Å². The quantitative estimate of drug-likeness (QED) is 0.630. The molecule has 5 nitrogen and oxygen atoms in total. The summed E-state index contributed by atoms with van der Waals surface area (Å²) in [5.74, 6) is 0.327. The van der Waals surface area contributed by atoms with Crippen molar-refractivity contribution in [3.05, 3.63) is 59.4 Å². The smallest absolute Gasteiger partial charge is 0.234 e. The number of carbonyl (C=O) groups excluding carboxylic acids is 1. The summed E-state index contributed by atoms with van der Waals surface area (Å²) < 4.78 is 15.0. The minimum atomic E-state index is -0.304. The fraction of sp³-hybridized carbons (Fsp3) is 0.167. The number of benzene rings is 2. The molecule has 1 N–H and O–H groups in total. The zero-order valence-corrected chi connectivity index (χ0v) is 15.5. The number of amides is 1. The first-order valence-corrected chi connectivity index (χ1v) is 9.31. The normalized spacial score (nSPS) is 10.7. The number of hydrogen-bond donors (Lipinski definition) is 1. The molecular weight excluding hydrogens is 375 g/mol. The maximum absolute atomic E-state index is 13.1. The molecule has 0 aliphatic carbocycles. The summed E-state index contributed by atoms with van der Waals surface area (Å²) in [5.41, 5.74) is 1.34. The molecule has 0 spiro atoms. The number of aromatic nitrogens is 3. The van der Waals surface area contributed by atoms with Crippen LogP contribution in [0.2, 0.25) is 5.02 Å². The van der Waals surface area contributed by atoms with E-state index < -0.39 is 0 Å². The molecule has 8 heteroatoms. The minimum Gasteiger partial charge on any atom is -0.324 e. The summed E-state index contributed by atoms with van der Waals surface area (Å²) in [4.78, 5) is 12.2. The number of rotatable bonds is 6. The first-order valence-electron chi connectivity index (χ1n) is 7.94. The predicted molar refractivity (Wildman–Crippen MR) is 102 cm³/mol. The molecule has 0 bridgehead atoms. The Bertz CT molecular complexity index is 914. The number of thioether (sulfide) groups is 1. The Morgan fingerprint density at radius 3 is 2.62 bits per heavy atom. The molecule has 0 saturated heterocycles. The lowest BCUT2D eigenvalue weighted by molar-refractivity contribution is -0.113. The number of hydrogen-bond acceptors (Lipinski definition) is 4. The van der Waals surface area contributed by atoms with E-state index in [1.165, 1.54) is 23.9 Å². The van der Waals surface area contributed by atoms with Crippen molar-refractivity contribution in [1.82, 2.24) is 14.8 Å². The van der Waals surface area contributed by atoms with Gasteiger partial charge in [0, 0.05) is 12.1 Å². The molecule has 0 atom stereocenters. The lowest BCUT2D eigenvalue weighted by atomic mass is 10.2. The number of para-hydroxylation sites is 1. The number of nitrogens with zero attached hydrogens (tertiary/aromatic N) is 3. The van der Waals surface area contributed by atoms with E-state index in [1.54, 1.807) is 36.4 Å². The predicted octanol–water partition coefficient (Wildman–Crippen LogP) is 4.49. The molecule has 3 aromatic rings. The zero-order chi connectivity index (χ0) is 18.5. The lowest BCUT2D eigenvalue weighted by Gasteiger charge is -2.08. The molecule has 0 aliphatic rings. The molecule has 3 rings (SSSR count). The van der Waals surface area contributed by atoms with Crippen LogP contribution in [0.25, 0.3) is 11.4 Å². The average Bonchev–Trinajstić information content (AvgIpc) is 3.05. The first kappa shape index (κ1) is 18.4. The van der Waals surface area contributed by atoms with Crippen molar-refractivity contribution in [2.45, 2.75) is 18.6 Å². The summed E-state index contributed by atoms with van der Waals surface area (Å²) in [6.45, 7) is 2.60. The fourth-order valence-corrected chi connectivity index (χ4v) is 3.36. The Morgan fingerprint density at radius 2 is 1.92 bits per heavy atom. The van der Waals surface area contributed by atoms with E-state index in [-0.39, 0.29) is 17.5 Å². The Morgan fingerprint density at radius 1 is 1.19 bits per heavy atom. The highest BCUT2D eigenvalue weighted by molar-refractivity contribution is 7.99. The third-order valence-corrected chi connectivity index (χ3v) is 4.91. The van der Waals surface area contributed by atoms with Gasteiger partial charge in [0.15, 0.2) is 11.0 Å². The standard InChI is InChI=1S/C18H16ClFN4OS/c1-2-24-17(12-7-9-13(20)10-8-12)22-23-18(24)26-11-16(25)21-15-6-4-3-5-14(15)19/h3-10H,2,11H2,1H3,(H,21,25). The lowest BCUT2D eigenvalue weighted by Crippen LogP contribution is -2.15. The van der Waals surface area contributed by atoms with Crippen molar-refractivity contribution in [2.75, 3.05) is 11.1 Å². The van der Waals surface area contributed by atoms with Gasteiger partial charge in [-0.1, -0.05) is 35.5 Å². The van der Waals surface area contributed by atoms with Crippen LogP contribution < -0.4 is 5.32 Å². The first-order chi connectivity index (χ1) is 12.6. The van der Waals surface area contributed by atoms with Gasteiger partial charge in [0.25, 0.3) is 0 Å². The summed E-state index contributed by atoms with van der Waals surface area (Å²) in [5, 5.41) is 12.2. The van der Waals surface area contributed by atoms with Gasteiger partial charge < -0.3 is 9.88 Å². The molecule has 134 valence electrons. The maximum atomic E-state index is 13.1. The number of halogens is 2. The van der Waals surface area contributed by atoms with Gasteiger partial charge in [-0.05, 0) is 43.3 Å². The van der Waals surface area contributed by atoms with Crippen molar-refractivity contribution >= 4 is 35.0 Å². The van der Waals surface area contributed by atoms with Gasteiger partial charge in [-0.15, -0.1) is 10.2 Å². The maximum Gasteiger partial charge on any atom is 0.234 e. The average molecular weight is 391 g/mol. The van der Waals surface area contributed by atoms with E-state index in [0.717, 1.165) is 5.56 Å². The molecule has 0 radical (unpaired) electrons. The Balaban J connectivity index is 1.69. The monoisotopic (exact) mass is 390 g/mol. The summed E-state index contributed by atoms with van der Waals surface area (Å²) in [6, 6.07) is 13.1. The second-order valence-electron chi connectivity index (χ2n) is 5.37. The van der Waals surface area contributed by atoms with Crippen molar-refractivity contribution in [1.29, 1.82) is 0 Å². The van der Waals surface area contributed by atoms with Crippen LogP contribution in [0, 0.1) is 5.82 Å². The van der Waals surface area contributed by atoms with Gasteiger partial charge in [0.1, 0.15) is 5.82 Å². The summed E-state index contributed by atoms with van der Waals surface area (Å²) in [6.07, 6.45) is 0. The van der Waals surface area contributed by atoms with Crippen LogP contribution in [0.5, 0.6) is 0 Å². The van der Waals surface area contributed by atoms with E-state index in [2.05, 4.69) is 15.5 Å². The van der Waals surface area contributed by atoms with E-state index in [4.69, 9.17) is 11.6 Å². The number of carbonyl (C=O) groups is 1. The molecule has 0 fully saturated rings. The van der Waals surface area contributed by atoms with Crippen LogP contribution in [0.1, 0.15) is 6.92 Å². The topological polar surface area (TPSA) is 59.8 Å². The van der Waals surface area contributed by atoms with Crippen molar-refractivity contribution in [3.63, 3.8) is 0 Å². The van der Waals surface area contributed by atoms with Crippen LogP contribution in [0.4, 0.5) is 10.1 Å². The van der Waals surface area contributed by atoms with Gasteiger partial charge in [-0.2, -0.15) is 0 Å². The summed E-state index contributed by atoms with van der Waals surface area (Å²) in [7, 11) is 0. The highest BCUT2D eigenvalue weighted by Gasteiger charge is 2.15. The molecule has 0 unspecified atom stereocenters. The summed E-state index contributed by atoms with van der Waals surface area (Å²) >= 11 is 7.32. The molecule has 0 aliphatic heterocycles. The van der Waals surface area contributed by atoms with Crippen LogP contribution in [0.15, 0.2) is 53.7 Å². The Labute approximate surface area is 159 Å². The fourth-order valence-electron chi connectivity index (χ4n) is 2.37. The molecule has 26 heavy (non-hydrogen) atoms. The van der Waals surface area contributed by atoms with Gasteiger partial charge in [0.2, 0.25) is 5.91 Å². The number of anilines is 1. The highest BCUT2D eigenvalue weighted by atomic mass is 35.5. The molecule has 1 amide bonds. The molecule has 0 saturated carbocycles. The van der Waals surface area contributed by atoms with Crippen molar-refractivity contribution in [3.8, 4) is 11.4 Å². The minimum absolute atomic E-state index is 0.173. The van der Waals surface area contributed by atoms with Gasteiger partial charge in [-0.3, -0.25) is 4.79 Å². The van der Waals surface area contributed by atoms with Crippen molar-refractivity contribution in [2.24, 2.45) is 0 Å². The molecule has 1 heterocycles. The van der Waals surface area contributed by atoms with Crippen LogP contribution in [-0.2, 0) is 11.3 Å². The van der Waals surface area contributed by atoms with Crippen LogP contribution in [0.3, 0.4) is 0 Å².